The standard InChI is InChI=1S/C14H14O3/c1-2-16-13(15)8-9-4-3-5-10-11-6-7-12(17-11)14(9)10/h3-7,11-12H,2,8H2,1H3. The molecule has 0 amide bonds. The van der Waals surface area contributed by atoms with E-state index in [1.807, 2.05) is 19.1 Å². The molecule has 0 saturated carbocycles. The van der Waals surface area contributed by atoms with Gasteiger partial charge in [-0.05, 0) is 23.6 Å². The van der Waals surface area contributed by atoms with Crippen molar-refractivity contribution < 1.29 is 14.3 Å². The predicted octanol–water partition coefficient (Wildman–Crippen LogP) is 2.47. The molecule has 0 spiro atoms. The molecule has 0 N–H and O–H groups in total. The minimum absolute atomic E-state index is 0.0284. The minimum Gasteiger partial charge on any atom is -0.466 e. The molecule has 3 heteroatoms. The second kappa shape index (κ2) is 4.00. The number of fused-ring (bicyclic) bond motifs is 5. The fourth-order valence-corrected chi connectivity index (χ4v) is 2.54. The van der Waals surface area contributed by atoms with E-state index >= 15 is 0 Å². The Bertz CT molecular complexity index is 490. The summed E-state index contributed by atoms with van der Waals surface area (Å²) < 4.78 is 10.7. The Morgan fingerprint density at radius 2 is 2.18 bits per heavy atom. The molecule has 0 fully saturated rings. The van der Waals surface area contributed by atoms with E-state index in [1.165, 1.54) is 5.56 Å². The second-order valence-electron chi connectivity index (χ2n) is 4.26. The molecule has 2 atom stereocenters. The van der Waals surface area contributed by atoms with Gasteiger partial charge in [0.25, 0.3) is 0 Å². The quantitative estimate of drug-likeness (QED) is 0.591. The number of hydrogen-bond acceptors (Lipinski definition) is 3. The van der Waals surface area contributed by atoms with Gasteiger partial charge in [0.05, 0.1) is 13.0 Å². The molecule has 1 aromatic carbocycles. The van der Waals surface area contributed by atoms with Crippen LogP contribution in [0.5, 0.6) is 0 Å². The van der Waals surface area contributed by atoms with Crippen molar-refractivity contribution >= 4 is 5.97 Å². The first-order valence-corrected chi connectivity index (χ1v) is 5.90. The highest BCUT2D eigenvalue weighted by Gasteiger charge is 2.35. The maximum Gasteiger partial charge on any atom is 0.310 e. The van der Waals surface area contributed by atoms with Crippen molar-refractivity contribution in [1.29, 1.82) is 0 Å². The molecule has 2 heterocycles. The summed E-state index contributed by atoms with van der Waals surface area (Å²) in [4.78, 5) is 11.5. The lowest BCUT2D eigenvalue weighted by Crippen LogP contribution is -2.10. The maximum atomic E-state index is 11.5. The van der Waals surface area contributed by atoms with E-state index in [0.717, 1.165) is 11.1 Å². The number of carbonyl (C=O) groups is 1. The summed E-state index contributed by atoms with van der Waals surface area (Å²) in [6, 6.07) is 6.02. The van der Waals surface area contributed by atoms with Gasteiger partial charge in [-0.1, -0.05) is 30.4 Å². The van der Waals surface area contributed by atoms with E-state index in [2.05, 4.69) is 18.2 Å². The molecule has 2 bridgehead atoms. The van der Waals surface area contributed by atoms with Crippen LogP contribution in [0.3, 0.4) is 0 Å². The lowest BCUT2D eigenvalue weighted by molar-refractivity contribution is -0.142. The zero-order chi connectivity index (χ0) is 11.8. The van der Waals surface area contributed by atoms with E-state index < -0.39 is 0 Å². The summed E-state index contributed by atoms with van der Waals surface area (Å²) in [5.74, 6) is -0.173. The van der Waals surface area contributed by atoms with E-state index in [0.29, 0.717) is 13.0 Å². The number of hydrogen-bond donors (Lipinski definition) is 0. The monoisotopic (exact) mass is 230 g/mol. The lowest BCUT2D eigenvalue weighted by atomic mass is 9.91. The predicted molar refractivity (Wildman–Crippen MR) is 62.5 cm³/mol. The van der Waals surface area contributed by atoms with Crippen LogP contribution in [-0.4, -0.2) is 12.6 Å². The third-order valence-corrected chi connectivity index (χ3v) is 3.22. The molecule has 88 valence electrons. The molecular weight excluding hydrogens is 216 g/mol. The van der Waals surface area contributed by atoms with Crippen molar-refractivity contribution in [2.45, 2.75) is 25.6 Å². The van der Waals surface area contributed by atoms with Crippen LogP contribution in [0.2, 0.25) is 0 Å². The van der Waals surface area contributed by atoms with E-state index in [4.69, 9.17) is 9.47 Å². The third kappa shape index (κ3) is 1.67. The van der Waals surface area contributed by atoms with E-state index in [-0.39, 0.29) is 18.2 Å². The summed E-state index contributed by atoms with van der Waals surface area (Å²) in [6.45, 7) is 2.25. The zero-order valence-corrected chi connectivity index (χ0v) is 9.68. The Morgan fingerprint density at radius 1 is 1.35 bits per heavy atom. The third-order valence-electron chi connectivity index (χ3n) is 3.22. The topological polar surface area (TPSA) is 35.5 Å². The van der Waals surface area contributed by atoms with Gasteiger partial charge in [0.2, 0.25) is 0 Å². The molecule has 2 aliphatic heterocycles. The molecule has 0 radical (unpaired) electrons. The van der Waals surface area contributed by atoms with Crippen molar-refractivity contribution in [1.82, 2.24) is 0 Å². The number of benzene rings is 1. The highest BCUT2D eigenvalue weighted by Crippen LogP contribution is 2.47. The minimum atomic E-state index is -0.173. The molecule has 3 rings (SSSR count). The molecule has 3 nitrogen and oxygen atoms in total. The molecule has 0 aromatic heterocycles. The van der Waals surface area contributed by atoms with Crippen LogP contribution < -0.4 is 0 Å². The van der Waals surface area contributed by atoms with E-state index in [1.54, 1.807) is 0 Å². The van der Waals surface area contributed by atoms with Gasteiger partial charge in [-0.15, -0.1) is 0 Å². The van der Waals surface area contributed by atoms with Gasteiger partial charge in [0.1, 0.15) is 12.2 Å². The lowest BCUT2D eigenvalue weighted by Gasteiger charge is -2.12. The average Bonchev–Trinajstić information content (AvgIpc) is 2.90. The second-order valence-corrected chi connectivity index (χ2v) is 4.26. The van der Waals surface area contributed by atoms with Crippen LogP contribution in [0, 0.1) is 0 Å². The van der Waals surface area contributed by atoms with Crippen molar-refractivity contribution in [3.05, 3.63) is 47.0 Å². The Labute approximate surface area is 100 Å². The molecule has 2 aliphatic rings. The normalized spacial score (nSPS) is 23.8. The Hall–Kier alpha value is -1.61. The van der Waals surface area contributed by atoms with Gasteiger partial charge < -0.3 is 9.47 Å². The SMILES string of the molecule is CCOC(=O)Cc1cccc2c1C1C=CC2O1. The van der Waals surface area contributed by atoms with Crippen molar-refractivity contribution in [2.75, 3.05) is 6.61 Å². The highest BCUT2D eigenvalue weighted by atomic mass is 16.5. The first-order valence-electron chi connectivity index (χ1n) is 5.90. The van der Waals surface area contributed by atoms with Crippen molar-refractivity contribution in [2.24, 2.45) is 0 Å². The zero-order valence-electron chi connectivity index (χ0n) is 9.68. The first kappa shape index (κ1) is 10.5. The van der Waals surface area contributed by atoms with Crippen molar-refractivity contribution in [3.8, 4) is 0 Å². The molecule has 2 unspecified atom stereocenters. The van der Waals surface area contributed by atoms with Gasteiger partial charge in [-0.3, -0.25) is 4.79 Å². The Morgan fingerprint density at radius 3 is 3.00 bits per heavy atom. The fourth-order valence-electron chi connectivity index (χ4n) is 2.54. The summed E-state index contributed by atoms with van der Waals surface area (Å²) in [7, 11) is 0. The molecular formula is C14H14O3. The van der Waals surface area contributed by atoms with Crippen LogP contribution in [-0.2, 0) is 20.7 Å². The van der Waals surface area contributed by atoms with Gasteiger partial charge >= 0.3 is 5.97 Å². The van der Waals surface area contributed by atoms with E-state index in [9.17, 15) is 4.79 Å². The van der Waals surface area contributed by atoms with Crippen LogP contribution in [0.4, 0.5) is 0 Å². The van der Waals surface area contributed by atoms with Crippen molar-refractivity contribution in [3.63, 3.8) is 0 Å². The number of rotatable bonds is 3. The number of carbonyl (C=O) groups excluding carboxylic acids is 1. The van der Waals surface area contributed by atoms with Gasteiger partial charge in [-0.25, -0.2) is 0 Å². The smallest absolute Gasteiger partial charge is 0.310 e. The summed E-state index contributed by atoms with van der Waals surface area (Å²) in [6.07, 6.45) is 4.57. The van der Waals surface area contributed by atoms with Crippen LogP contribution in [0.1, 0.15) is 35.8 Å². The Balaban J connectivity index is 1.91. The molecule has 17 heavy (non-hydrogen) atoms. The summed E-state index contributed by atoms with van der Waals surface area (Å²) >= 11 is 0. The van der Waals surface area contributed by atoms with Gasteiger partial charge in [-0.2, -0.15) is 0 Å². The average molecular weight is 230 g/mol. The Kier molecular flexibility index (Phi) is 2.48. The summed E-state index contributed by atoms with van der Waals surface area (Å²) in [5.41, 5.74) is 3.38. The van der Waals surface area contributed by atoms with Crippen LogP contribution >= 0.6 is 0 Å². The van der Waals surface area contributed by atoms with Gasteiger partial charge in [0.15, 0.2) is 0 Å². The highest BCUT2D eigenvalue weighted by molar-refractivity contribution is 5.73. The fraction of sp³-hybridized carbons (Fsp3) is 0.357. The molecule has 0 aliphatic carbocycles. The largest absolute Gasteiger partial charge is 0.466 e. The summed E-state index contributed by atoms with van der Waals surface area (Å²) in [5, 5.41) is 0. The number of esters is 1. The van der Waals surface area contributed by atoms with Crippen LogP contribution in [0.25, 0.3) is 0 Å². The van der Waals surface area contributed by atoms with Gasteiger partial charge in [0, 0.05) is 0 Å². The molecule has 0 saturated heterocycles. The van der Waals surface area contributed by atoms with Crippen LogP contribution in [0.15, 0.2) is 30.4 Å². The number of ether oxygens (including phenoxy) is 2. The molecule has 1 aromatic rings. The first-order chi connectivity index (χ1) is 8.29. The maximum absolute atomic E-state index is 11.5.